The lowest BCUT2D eigenvalue weighted by Crippen LogP contribution is -1.93. The summed E-state index contributed by atoms with van der Waals surface area (Å²) in [4.78, 5) is 10.2. The second kappa shape index (κ2) is 5.97. The third-order valence-corrected chi connectivity index (χ3v) is 2.68. The van der Waals surface area contributed by atoms with Crippen LogP contribution < -0.4 is 5.43 Å². The monoisotopic (exact) mass is 275 g/mol. The van der Waals surface area contributed by atoms with Crippen LogP contribution in [0.25, 0.3) is 0 Å². The van der Waals surface area contributed by atoms with Gasteiger partial charge in [0.05, 0.1) is 21.8 Å². The number of rotatable bonds is 4. The zero-order chi connectivity index (χ0) is 13.7. The molecule has 96 valence electrons. The van der Waals surface area contributed by atoms with E-state index in [0.29, 0.717) is 16.3 Å². The second-order valence-electron chi connectivity index (χ2n) is 3.70. The van der Waals surface area contributed by atoms with Crippen LogP contribution in [0.1, 0.15) is 5.56 Å². The van der Waals surface area contributed by atoms with E-state index in [1.54, 1.807) is 24.3 Å². The van der Waals surface area contributed by atoms with Crippen LogP contribution in [-0.4, -0.2) is 11.1 Å². The van der Waals surface area contributed by atoms with Gasteiger partial charge in [-0.1, -0.05) is 35.9 Å². The number of nitro benzene ring substituents is 1. The molecule has 0 aromatic heterocycles. The Kier molecular flexibility index (Phi) is 4.10. The van der Waals surface area contributed by atoms with E-state index in [2.05, 4.69) is 10.5 Å². The van der Waals surface area contributed by atoms with Crippen molar-refractivity contribution in [3.05, 3.63) is 69.2 Å². The van der Waals surface area contributed by atoms with Gasteiger partial charge in [-0.25, -0.2) is 0 Å². The molecule has 2 aromatic carbocycles. The molecular weight excluding hydrogens is 266 g/mol. The van der Waals surface area contributed by atoms with Crippen LogP contribution in [0.2, 0.25) is 5.02 Å². The smallest absolute Gasteiger partial charge is 0.270 e. The molecule has 0 fully saturated rings. The Hall–Kier alpha value is -2.40. The van der Waals surface area contributed by atoms with Crippen molar-refractivity contribution in [2.24, 2.45) is 5.10 Å². The van der Waals surface area contributed by atoms with Gasteiger partial charge in [0.15, 0.2) is 0 Å². The molecule has 0 heterocycles. The van der Waals surface area contributed by atoms with E-state index in [1.165, 1.54) is 18.3 Å². The van der Waals surface area contributed by atoms with Crippen molar-refractivity contribution in [2.75, 3.05) is 5.43 Å². The number of benzene rings is 2. The van der Waals surface area contributed by atoms with Gasteiger partial charge in [0, 0.05) is 17.7 Å². The summed E-state index contributed by atoms with van der Waals surface area (Å²) in [6, 6.07) is 13.4. The number of para-hydroxylation sites is 1. The van der Waals surface area contributed by atoms with Crippen molar-refractivity contribution in [3.63, 3.8) is 0 Å². The zero-order valence-corrected chi connectivity index (χ0v) is 10.5. The summed E-state index contributed by atoms with van der Waals surface area (Å²) < 4.78 is 0. The lowest BCUT2D eigenvalue weighted by molar-refractivity contribution is -0.384. The molecule has 19 heavy (non-hydrogen) atoms. The van der Waals surface area contributed by atoms with Crippen LogP contribution in [0.4, 0.5) is 11.4 Å². The van der Waals surface area contributed by atoms with Gasteiger partial charge in [-0.3, -0.25) is 15.5 Å². The molecule has 0 saturated heterocycles. The summed E-state index contributed by atoms with van der Waals surface area (Å²) in [5.41, 5.74) is 4.11. The SMILES string of the molecule is O=[N+]([O-])c1cccc(/C=N/Nc2ccccc2Cl)c1. The molecule has 0 atom stereocenters. The minimum Gasteiger partial charge on any atom is -0.277 e. The Labute approximate surface area is 114 Å². The maximum Gasteiger partial charge on any atom is 0.270 e. The number of anilines is 1. The Morgan fingerprint density at radius 2 is 2.00 bits per heavy atom. The van der Waals surface area contributed by atoms with E-state index in [4.69, 9.17) is 11.6 Å². The lowest BCUT2D eigenvalue weighted by Gasteiger charge is -2.01. The zero-order valence-electron chi connectivity index (χ0n) is 9.79. The highest BCUT2D eigenvalue weighted by Crippen LogP contribution is 2.20. The first-order chi connectivity index (χ1) is 9.16. The summed E-state index contributed by atoms with van der Waals surface area (Å²) in [5, 5.41) is 15.2. The van der Waals surface area contributed by atoms with Gasteiger partial charge < -0.3 is 0 Å². The van der Waals surface area contributed by atoms with Gasteiger partial charge in [-0.2, -0.15) is 5.10 Å². The maximum atomic E-state index is 10.6. The Balaban J connectivity index is 2.09. The quantitative estimate of drug-likeness (QED) is 0.525. The highest BCUT2D eigenvalue weighted by atomic mass is 35.5. The molecule has 0 amide bonds. The minimum atomic E-state index is -0.446. The van der Waals surface area contributed by atoms with Gasteiger partial charge in [0.2, 0.25) is 0 Å². The summed E-state index contributed by atoms with van der Waals surface area (Å²) in [6.07, 6.45) is 1.50. The fourth-order valence-corrected chi connectivity index (χ4v) is 1.62. The van der Waals surface area contributed by atoms with Crippen molar-refractivity contribution in [3.8, 4) is 0 Å². The molecule has 1 N–H and O–H groups in total. The van der Waals surface area contributed by atoms with Crippen LogP contribution >= 0.6 is 11.6 Å². The van der Waals surface area contributed by atoms with Crippen LogP contribution in [0.15, 0.2) is 53.6 Å². The van der Waals surface area contributed by atoms with E-state index in [-0.39, 0.29) is 5.69 Å². The lowest BCUT2D eigenvalue weighted by atomic mass is 10.2. The van der Waals surface area contributed by atoms with E-state index >= 15 is 0 Å². The first-order valence-corrected chi connectivity index (χ1v) is 5.82. The number of nitrogens with zero attached hydrogens (tertiary/aromatic N) is 2. The standard InChI is InChI=1S/C13H10ClN3O2/c14-12-6-1-2-7-13(12)16-15-9-10-4-3-5-11(8-10)17(18)19/h1-9,16H/b15-9+. The van der Waals surface area contributed by atoms with Gasteiger partial charge in [-0.05, 0) is 12.1 Å². The Morgan fingerprint density at radius 3 is 2.74 bits per heavy atom. The number of hydrazone groups is 1. The molecule has 2 rings (SSSR count). The molecule has 0 aliphatic rings. The molecule has 0 radical (unpaired) electrons. The molecule has 0 saturated carbocycles. The van der Waals surface area contributed by atoms with Crippen molar-refractivity contribution < 1.29 is 4.92 Å². The number of nitro groups is 1. The van der Waals surface area contributed by atoms with Crippen molar-refractivity contribution in [2.45, 2.75) is 0 Å². The van der Waals surface area contributed by atoms with E-state index in [0.717, 1.165) is 0 Å². The number of hydrogen-bond donors (Lipinski definition) is 1. The molecule has 0 spiro atoms. The Morgan fingerprint density at radius 1 is 1.21 bits per heavy atom. The molecule has 0 unspecified atom stereocenters. The van der Waals surface area contributed by atoms with Crippen LogP contribution in [0.3, 0.4) is 0 Å². The van der Waals surface area contributed by atoms with E-state index in [9.17, 15) is 10.1 Å². The number of nitrogens with one attached hydrogen (secondary N) is 1. The van der Waals surface area contributed by atoms with Gasteiger partial charge in [-0.15, -0.1) is 0 Å². The van der Waals surface area contributed by atoms with E-state index in [1.807, 2.05) is 12.1 Å². The maximum absolute atomic E-state index is 10.6. The molecule has 2 aromatic rings. The predicted octanol–water partition coefficient (Wildman–Crippen LogP) is 3.69. The number of non-ortho nitro benzene ring substituents is 1. The average molecular weight is 276 g/mol. The molecule has 6 heteroatoms. The average Bonchev–Trinajstić information content (AvgIpc) is 2.41. The molecule has 5 nitrogen and oxygen atoms in total. The minimum absolute atomic E-state index is 0.0293. The second-order valence-corrected chi connectivity index (χ2v) is 4.11. The molecule has 0 bridgehead atoms. The summed E-state index contributed by atoms with van der Waals surface area (Å²) in [7, 11) is 0. The number of halogens is 1. The highest BCUT2D eigenvalue weighted by molar-refractivity contribution is 6.33. The highest BCUT2D eigenvalue weighted by Gasteiger charge is 2.03. The van der Waals surface area contributed by atoms with E-state index < -0.39 is 4.92 Å². The molecular formula is C13H10ClN3O2. The van der Waals surface area contributed by atoms with Crippen LogP contribution in [0, 0.1) is 10.1 Å². The predicted molar refractivity (Wildman–Crippen MR) is 75.8 cm³/mol. The summed E-state index contributed by atoms with van der Waals surface area (Å²) in [6.45, 7) is 0. The van der Waals surface area contributed by atoms with Crippen LogP contribution in [-0.2, 0) is 0 Å². The Bertz CT molecular complexity index is 629. The molecule has 0 aliphatic heterocycles. The van der Waals surface area contributed by atoms with Crippen molar-refractivity contribution in [1.82, 2.24) is 0 Å². The fourth-order valence-electron chi connectivity index (χ4n) is 1.45. The first kappa shape index (κ1) is 13.0. The third-order valence-electron chi connectivity index (χ3n) is 2.35. The van der Waals surface area contributed by atoms with Gasteiger partial charge >= 0.3 is 0 Å². The third kappa shape index (κ3) is 3.53. The van der Waals surface area contributed by atoms with Crippen LogP contribution in [0.5, 0.6) is 0 Å². The topological polar surface area (TPSA) is 67.5 Å². The largest absolute Gasteiger partial charge is 0.277 e. The first-order valence-electron chi connectivity index (χ1n) is 5.45. The summed E-state index contributed by atoms with van der Waals surface area (Å²) >= 11 is 5.95. The van der Waals surface area contributed by atoms with Gasteiger partial charge in [0.1, 0.15) is 0 Å². The van der Waals surface area contributed by atoms with Gasteiger partial charge in [0.25, 0.3) is 5.69 Å². The normalized spacial score (nSPS) is 10.6. The van der Waals surface area contributed by atoms with Crippen molar-refractivity contribution >= 4 is 29.2 Å². The number of hydrogen-bond acceptors (Lipinski definition) is 4. The fraction of sp³-hybridized carbons (Fsp3) is 0. The molecule has 0 aliphatic carbocycles. The summed E-state index contributed by atoms with van der Waals surface area (Å²) in [5.74, 6) is 0. The van der Waals surface area contributed by atoms with Crippen molar-refractivity contribution in [1.29, 1.82) is 0 Å².